The molecule has 1 unspecified atom stereocenters. The first-order valence-corrected chi connectivity index (χ1v) is 7.69. The number of nitriles is 1. The lowest BCUT2D eigenvalue weighted by atomic mass is 10.3. The zero-order valence-electron chi connectivity index (χ0n) is 12.0. The number of ether oxygens (including phenoxy) is 3. The molecule has 19 heavy (non-hydrogen) atoms. The van der Waals surface area contributed by atoms with E-state index in [1.165, 1.54) is 11.8 Å². The van der Waals surface area contributed by atoms with Crippen molar-refractivity contribution in [2.24, 2.45) is 0 Å². The Balaban J connectivity index is 3.40. The molecule has 0 aromatic heterocycles. The highest BCUT2D eigenvalue weighted by Crippen LogP contribution is 2.16. The minimum Gasteiger partial charge on any atom is -0.379 e. The monoisotopic (exact) mass is 290 g/mol. The molecule has 0 heterocycles. The van der Waals surface area contributed by atoms with Gasteiger partial charge in [0.15, 0.2) is 0 Å². The standard InChI is InChI=1S/C13H26N2O3S/c1-3-7-16-8-9-17-10-11-18-13(19-12-14)5-4-6-15-2/h13,15H,3-11H2,1-2H3. The van der Waals surface area contributed by atoms with E-state index >= 15 is 0 Å². The van der Waals surface area contributed by atoms with Crippen molar-refractivity contribution >= 4 is 11.8 Å². The van der Waals surface area contributed by atoms with Crippen molar-refractivity contribution in [1.29, 1.82) is 5.26 Å². The minimum atomic E-state index is -0.0571. The third-order valence-corrected chi connectivity index (χ3v) is 3.04. The van der Waals surface area contributed by atoms with Gasteiger partial charge in [0.25, 0.3) is 0 Å². The molecule has 0 saturated carbocycles. The Morgan fingerprint density at radius 1 is 1.16 bits per heavy atom. The first-order chi connectivity index (χ1) is 9.35. The highest BCUT2D eigenvalue weighted by atomic mass is 32.2. The molecule has 0 amide bonds. The molecular weight excluding hydrogens is 264 g/mol. The van der Waals surface area contributed by atoms with Gasteiger partial charge < -0.3 is 19.5 Å². The topological polar surface area (TPSA) is 63.5 Å². The first kappa shape index (κ1) is 18.7. The van der Waals surface area contributed by atoms with Gasteiger partial charge in [0.2, 0.25) is 0 Å². The number of rotatable bonds is 14. The van der Waals surface area contributed by atoms with Crippen LogP contribution in [-0.4, -0.2) is 52.1 Å². The number of thiocyanates is 1. The number of nitrogens with zero attached hydrogens (tertiary/aromatic N) is 1. The van der Waals surface area contributed by atoms with Crippen LogP contribution in [0.3, 0.4) is 0 Å². The predicted octanol–water partition coefficient (Wildman–Crippen LogP) is 1.99. The molecule has 0 radical (unpaired) electrons. The molecule has 112 valence electrons. The van der Waals surface area contributed by atoms with Crippen LogP contribution < -0.4 is 5.32 Å². The molecular formula is C13H26N2O3S. The Hall–Kier alpha value is -0.320. The van der Waals surface area contributed by atoms with E-state index in [0.717, 1.165) is 32.4 Å². The summed E-state index contributed by atoms with van der Waals surface area (Å²) in [6, 6.07) is 0. The maximum Gasteiger partial charge on any atom is 0.136 e. The molecule has 1 N–H and O–H groups in total. The zero-order valence-corrected chi connectivity index (χ0v) is 12.8. The van der Waals surface area contributed by atoms with Crippen molar-refractivity contribution in [1.82, 2.24) is 5.32 Å². The molecule has 1 atom stereocenters. The second kappa shape index (κ2) is 15.7. The lowest BCUT2D eigenvalue weighted by Gasteiger charge is -2.14. The van der Waals surface area contributed by atoms with Crippen LogP contribution in [0.25, 0.3) is 0 Å². The Labute approximate surface area is 121 Å². The highest BCUT2D eigenvalue weighted by molar-refractivity contribution is 8.04. The second-order valence-electron chi connectivity index (χ2n) is 3.98. The van der Waals surface area contributed by atoms with Crippen molar-refractivity contribution in [2.45, 2.75) is 31.6 Å². The molecule has 0 aromatic rings. The molecule has 0 bridgehead atoms. The lowest BCUT2D eigenvalue weighted by molar-refractivity contribution is 0.00786. The van der Waals surface area contributed by atoms with Crippen LogP contribution in [0, 0.1) is 10.7 Å². The van der Waals surface area contributed by atoms with E-state index in [-0.39, 0.29) is 5.44 Å². The van der Waals surface area contributed by atoms with Gasteiger partial charge in [-0.2, -0.15) is 5.26 Å². The van der Waals surface area contributed by atoms with Crippen LogP contribution in [0.4, 0.5) is 0 Å². The maximum atomic E-state index is 8.69. The zero-order chi connectivity index (χ0) is 14.2. The third kappa shape index (κ3) is 13.9. The summed E-state index contributed by atoms with van der Waals surface area (Å²) >= 11 is 1.18. The maximum absolute atomic E-state index is 8.69. The summed E-state index contributed by atoms with van der Waals surface area (Å²) in [4.78, 5) is 0. The molecule has 0 fully saturated rings. The van der Waals surface area contributed by atoms with E-state index in [2.05, 4.69) is 17.6 Å². The molecule has 0 saturated heterocycles. The van der Waals surface area contributed by atoms with Crippen LogP contribution >= 0.6 is 11.8 Å². The molecule has 0 aromatic carbocycles. The molecule has 6 heteroatoms. The Morgan fingerprint density at radius 2 is 1.84 bits per heavy atom. The van der Waals surface area contributed by atoms with Crippen LogP contribution in [0.1, 0.15) is 26.2 Å². The fourth-order valence-electron chi connectivity index (χ4n) is 1.39. The van der Waals surface area contributed by atoms with Crippen molar-refractivity contribution in [3.8, 4) is 5.40 Å². The van der Waals surface area contributed by atoms with Gasteiger partial charge in [-0.1, -0.05) is 6.92 Å². The van der Waals surface area contributed by atoms with Crippen LogP contribution in [0.2, 0.25) is 0 Å². The molecule has 0 aliphatic carbocycles. The molecule has 0 aliphatic heterocycles. The first-order valence-electron chi connectivity index (χ1n) is 6.81. The van der Waals surface area contributed by atoms with E-state index in [9.17, 15) is 0 Å². The number of thioether (sulfide) groups is 1. The smallest absolute Gasteiger partial charge is 0.136 e. The van der Waals surface area contributed by atoms with E-state index in [1.807, 2.05) is 7.05 Å². The van der Waals surface area contributed by atoms with E-state index in [0.29, 0.717) is 26.4 Å². The predicted molar refractivity (Wildman–Crippen MR) is 78.0 cm³/mol. The molecule has 5 nitrogen and oxygen atoms in total. The van der Waals surface area contributed by atoms with Gasteiger partial charge in [0.1, 0.15) is 10.8 Å². The summed E-state index contributed by atoms with van der Waals surface area (Å²) in [5.74, 6) is 0. The summed E-state index contributed by atoms with van der Waals surface area (Å²) in [6.45, 7) is 6.10. The summed E-state index contributed by atoms with van der Waals surface area (Å²) < 4.78 is 16.3. The normalized spacial score (nSPS) is 12.3. The van der Waals surface area contributed by atoms with Gasteiger partial charge in [-0.3, -0.25) is 0 Å². The van der Waals surface area contributed by atoms with E-state index in [1.54, 1.807) is 0 Å². The van der Waals surface area contributed by atoms with Crippen LogP contribution in [0.5, 0.6) is 0 Å². The summed E-state index contributed by atoms with van der Waals surface area (Å²) in [5, 5.41) is 13.8. The fourth-order valence-corrected chi connectivity index (χ4v) is 1.95. The summed E-state index contributed by atoms with van der Waals surface area (Å²) in [5.41, 5.74) is -0.0571. The fraction of sp³-hybridized carbons (Fsp3) is 0.923. The van der Waals surface area contributed by atoms with Gasteiger partial charge in [-0.05, 0) is 44.6 Å². The van der Waals surface area contributed by atoms with Gasteiger partial charge in [-0.25, -0.2) is 0 Å². The van der Waals surface area contributed by atoms with Crippen molar-refractivity contribution < 1.29 is 14.2 Å². The number of hydrogen-bond acceptors (Lipinski definition) is 6. The number of nitrogens with one attached hydrogen (secondary N) is 1. The average molecular weight is 290 g/mol. The average Bonchev–Trinajstić information content (AvgIpc) is 2.42. The Kier molecular flexibility index (Phi) is 15.5. The summed E-state index contributed by atoms with van der Waals surface area (Å²) in [6.07, 6.45) is 2.91. The Morgan fingerprint density at radius 3 is 2.47 bits per heavy atom. The Bertz CT molecular complexity index is 224. The molecule has 0 aliphatic rings. The largest absolute Gasteiger partial charge is 0.379 e. The minimum absolute atomic E-state index is 0.0571. The highest BCUT2D eigenvalue weighted by Gasteiger charge is 2.08. The quantitative estimate of drug-likeness (QED) is 0.300. The van der Waals surface area contributed by atoms with Gasteiger partial charge in [0.05, 0.1) is 26.4 Å². The number of hydrogen-bond donors (Lipinski definition) is 1. The van der Waals surface area contributed by atoms with Gasteiger partial charge >= 0.3 is 0 Å². The van der Waals surface area contributed by atoms with Gasteiger partial charge in [0, 0.05) is 6.61 Å². The third-order valence-electron chi connectivity index (χ3n) is 2.30. The molecule has 0 spiro atoms. The van der Waals surface area contributed by atoms with Crippen molar-refractivity contribution in [2.75, 3.05) is 46.6 Å². The SMILES string of the molecule is CCCOCCOCCOC(CCCNC)SC#N. The van der Waals surface area contributed by atoms with Crippen LogP contribution in [-0.2, 0) is 14.2 Å². The second-order valence-corrected chi connectivity index (χ2v) is 4.92. The van der Waals surface area contributed by atoms with E-state index in [4.69, 9.17) is 19.5 Å². The van der Waals surface area contributed by atoms with Crippen molar-refractivity contribution in [3.05, 3.63) is 0 Å². The van der Waals surface area contributed by atoms with Gasteiger partial charge in [-0.15, -0.1) is 0 Å². The van der Waals surface area contributed by atoms with Crippen LogP contribution in [0.15, 0.2) is 0 Å². The summed E-state index contributed by atoms with van der Waals surface area (Å²) in [7, 11) is 1.92. The van der Waals surface area contributed by atoms with Crippen molar-refractivity contribution in [3.63, 3.8) is 0 Å². The lowest BCUT2D eigenvalue weighted by Crippen LogP contribution is -2.16. The molecule has 0 rings (SSSR count). The van der Waals surface area contributed by atoms with E-state index < -0.39 is 0 Å².